The lowest BCUT2D eigenvalue weighted by Gasteiger charge is -2.31. The van der Waals surface area contributed by atoms with E-state index in [1.165, 1.54) is 33.5 Å². The van der Waals surface area contributed by atoms with Crippen LogP contribution in [0.3, 0.4) is 0 Å². The van der Waals surface area contributed by atoms with Crippen LogP contribution in [0.1, 0.15) is 64.2 Å². The van der Waals surface area contributed by atoms with E-state index in [4.69, 9.17) is 0 Å². The molecule has 2 aromatic carbocycles. The predicted molar refractivity (Wildman–Crippen MR) is 118 cm³/mol. The number of aryl methyl sites for hydroxylation is 1. The van der Waals surface area contributed by atoms with Crippen LogP contribution in [0.4, 0.5) is 5.69 Å². The zero-order valence-corrected chi connectivity index (χ0v) is 18.2. The van der Waals surface area contributed by atoms with Gasteiger partial charge in [-0.25, -0.2) is 5.01 Å². The van der Waals surface area contributed by atoms with Crippen molar-refractivity contribution in [2.75, 3.05) is 12.1 Å². The zero-order valence-electron chi connectivity index (χ0n) is 18.2. The molecule has 0 aliphatic carbocycles. The Morgan fingerprint density at radius 2 is 1.67 bits per heavy atom. The first-order chi connectivity index (χ1) is 12.6. The molecule has 0 N–H and O–H groups in total. The Labute approximate surface area is 165 Å². The quantitative estimate of drug-likeness (QED) is 0.603. The third-order valence-corrected chi connectivity index (χ3v) is 5.61. The molecule has 27 heavy (non-hydrogen) atoms. The summed E-state index contributed by atoms with van der Waals surface area (Å²) in [6, 6.07) is 14.3. The molecule has 0 spiro atoms. The van der Waals surface area contributed by atoms with Crippen LogP contribution < -0.4 is 5.01 Å². The van der Waals surface area contributed by atoms with Gasteiger partial charge >= 0.3 is 0 Å². The molecule has 144 valence electrons. The van der Waals surface area contributed by atoms with Gasteiger partial charge in [-0.3, -0.25) is 5.01 Å². The Hall–Kier alpha value is -2.06. The van der Waals surface area contributed by atoms with Crippen LogP contribution in [0, 0.1) is 6.92 Å². The van der Waals surface area contributed by atoms with Crippen LogP contribution >= 0.6 is 0 Å². The van der Waals surface area contributed by atoms with Gasteiger partial charge in [-0.1, -0.05) is 70.5 Å². The molecule has 0 saturated heterocycles. The summed E-state index contributed by atoms with van der Waals surface area (Å²) in [5.74, 6) is 0.481. The highest BCUT2D eigenvalue weighted by Gasteiger charge is 2.23. The summed E-state index contributed by atoms with van der Waals surface area (Å²) in [6.07, 6.45) is 4.45. The maximum atomic E-state index is 2.36. The molecule has 3 rings (SSSR count). The molecule has 0 radical (unpaired) electrons. The monoisotopic (exact) mass is 362 g/mol. The van der Waals surface area contributed by atoms with Gasteiger partial charge in [0.15, 0.2) is 0 Å². The molecule has 1 heterocycles. The van der Waals surface area contributed by atoms with Crippen LogP contribution in [-0.4, -0.2) is 18.1 Å². The molecule has 0 saturated carbocycles. The number of nitrogens with zero attached hydrogens (tertiary/aromatic N) is 2. The van der Waals surface area contributed by atoms with Crippen molar-refractivity contribution in [3.63, 3.8) is 0 Å². The van der Waals surface area contributed by atoms with E-state index in [0.717, 1.165) is 0 Å². The van der Waals surface area contributed by atoms with E-state index < -0.39 is 0 Å². The van der Waals surface area contributed by atoms with Crippen molar-refractivity contribution >= 4 is 5.69 Å². The minimum absolute atomic E-state index is 0.148. The first-order valence-corrected chi connectivity index (χ1v) is 10.0. The molecule has 1 aliphatic rings. The van der Waals surface area contributed by atoms with Crippen LogP contribution in [0.2, 0.25) is 0 Å². The number of benzene rings is 2. The first kappa shape index (κ1) is 19.7. The fraction of sp³-hybridized carbons (Fsp3) is 0.440. The Bertz CT molecular complexity index is 855. The SMILES string of the molecule is Cc1cc(-c2ccc(C(C)C)c(N3C=CC(C)N3C)c2)cc(C(C)(C)C)c1. The number of hydrogen-bond acceptors (Lipinski definition) is 2. The molecule has 0 aromatic heterocycles. The molecule has 1 atom stereocenters. The highest BCUT2D eigenvalue weighted by molar-refractivity contribution is 5.73. The highest BCUT2D eigenvalue weighted by atomic mass is 15.6. The summed E-state index contributed by atoms with van der Waals surface area (Å²) < 4.78 is 0. The molecule has 2 heteroatoms. The van der Waals surface area contributed by atoms with Crippen molar-refractivity contribution in [3.8, 4) is 11.1 Å². The number of rotatable bonds is 3. The van der Waals surface area contributed by atoms with Crippen LogP contribution in [-0.2, 0) is 5.41 Å². The third-order valence-electron chi connectivity index (χ3n) is 5.61. The van der Waals surface area contributed by atoms with Gasteiger partial charge in [-0.2, -0.15) is 0 Å². The Morgan fingerprint density at radius 3 is 2.22 bits per heavy atom. The normalized spacial score (nSPS) is 18.0. The maximum absolute atomic E-state index is 2.36. The van der Waals surface area contributed by atoms with Gasteiger partial charge in [-0.15, -0.1) is 0 Å². The third kappa shape index (κ3) is 3.96. The Morgan fingerprint density at radius 1 is 0.963 bits per heavy atom. The van der Waals surface area contributed by atoms with E-state index in [1.54, 1.807) is 0 Å². The fourth-order valence-corrected chi connectivity index (χ4v) is 3.67. The van der Waals surface area contributed by atoms with E-state index in [0.29, 0.717) is 12.0 Å². The molecule has 2 aromatic rings. The van der Waals surface area contributed by atoms with E-state index >= 15 is 0 Å². The number of likely N-dealkylation sites (N-methyl/N-ethyl adjacent to an activating group) is 1. The van der Waals surface area contributed by atoms with Crippen molar-refractivity contribution in [2.45, 2.75) is 65.8 Å². The second kappa shape index (κ2) is 7.16. The number of hydrazine groups is 1. The van der Waals surface area contributed by atoms with E-state index in [2.05, 4.69) is 114 Å². The topological polar surface area (TPSA) is 6.48 Å². The largest absolute Gasteiger partial charge is 0.281 e. The lowest BCUT2D eigenvalue weighted by Crippen LogP contribution is -2.36. The minimum atomic E-state index is 0.148. The standard InChI is InChI=1S/C25H34N2/c1-17(2)23-10-9-20(16-24(23)27-12-11-19(4)26(27)8)21-13-18(3)14-22(15-21)25(5,6)7/h9-17,19H,1-8H3. The summed E-state index contributed by atoms with van der Waals surface area (Å²) in [5, 5.41) is 4.59. The fourth-order valence-electron chi connectivity index (χ4n) is 3.67. The van der Waals surface area contributed by atoms with E-state index in [-0.39, 0.29) is 5.41 Å². The Balaban J connectivity index is 2.12. The summed E-state index contributed by atoms with van der Waals surface area (Å²) in [6.45, 7) is 15.8. The van der Waals surface area contributed by atoms with Crippen LogP contribution in [0.25, 0.3) is 11.1 Å². The molecule has 2 nitrogen and oxygen atoms in total. The molecular formula is C25H34N2. The van der Waals surface area contributed by atoms with Gasteiger partial charge in [0, 0.05) is 19.3 Å². The second-order valence-electron chi connectivity index (χ2n) is 9.27. The van der Waals surface area contributed by atoms with Gasteiger partial charge in [0.05, 0.1) is 5.69 Å². The summed E-state index contributed by atoms with van der Waals surface area (Å²) in [5.41, 5.74) is 8.10. The lowest BCUT2D eigenvalue weighted by atomic mass is 9.84. The molecule has 0 fully saturated rings. The summed E-state index contributed by atoms with van der Waals surface area (Å²) in [4.78, 5) is 0. The smallest absolute Gasteiger partial charge is 0.0614 e. The van der Waals surface area contributed by atoms with Crippen molar-refractivity contribution in [2.24, 2.45) is 0 Å². The average Bonchev–Trinajstić information content (AvgIpc) is 2.92. The molecule has 0 amide bonds. The van der Waals surface area contributed by atoms with E-state index in [9.17, 15) is 0 Å². The predicted octanol–water partition coefficient (Wildman–Crippen LogP) is 6.65. The van der Waals surface area contributed by atoms with Gasteiger partial charge in [-0.05, 0) is 59.6 Å². The van der Waals surface area contributed by atoms with Crippen LogP contribution in [0.15, 0.2) is 48.7 Å². The summed E-state index contributed by atoms with van der Waals surface area (Å²) >= 11 is 0. The lowest BCUT2D eigenvalue weighted by molar-refractivity contribution is 0.321. The van der Waals surface area contributed by atoms with Crippen LogP contribution in [0.5, 0.6) is 0 Å². The Kier molecular flexibility index (Phi) is 5.22. The van der Waals surface area contributed by atoms with Gasteiger partial charge in [0.25, 0.3) is 0 Å². The first-order valence-electron chi connectivity index (χ1n) is 10.0. The van der Waals surface area contributed by atoms with Crippen molar-refractivity contribution < 1.29 is 0 Å². The molecular weight excluding hydrogens is 328 g/mol. The van der Waals surface area contributed by atoms with E-state index in [1.807, 2.05) is 0 Å². The number of anilines is 1. The maximum Gasteiger partial charge on any atom is 0.0614 e. The van der Waals surface area contributed by atoms with Gasteiger partial charge in [0.1, 0.15) is 0 Å². The summed E-state index contributed by atoms with van der Waals surface area (Å²) in [7, 11) is 2.16. The highest BCUT2D eigenvalue weighted by Crippen LogP contribution is 2.36. The van der Waals surface area contributed by atoms with Crippen molar-refractivity contribution in [1.29, 1.82) is 0 Å². The zero-order chi connectivity index (χ0) is 19.9. The molecule has 0 bridgehead atoms. The van der Waals surface area contributed by atoms with Crippen molar-refractivity contribution in [3.05, 3.63) is 65.4 Å². The second-order valence-corrected chi connectivity index (χ2v) is 9.27. The van der Waals surface area contributed by atoms with Gasteiger partial charge < -0.3 is 0 Å². The average molecular weight is 363 g/mol. The molecule has 1 aliphatic heterocycles. The number of hydrogen-bond donors (Lipinski definition) is 0. The van der Waals surface area contributed by atoms with Crippen molar-refractivity contribution in [1.82, 2.24) is 5.01 Å². The molecule has 1 unspecified atom stereocenters. The van der Waals surface area contributed by atoms with Gasteiger partial charge in [0.2, 0.25) is 0 Å². The minimum Gasteiger partial charge on any atom is -0.281 e.